The van der Waals surface area contributed by atoms with Crippen molar-refractivity contribution < 1.29 is 9.90 Å². The van der Waals surface area contributed by atoms with Crippen LogP contribution in [-0.4, -0.2) is 21.4 Å². The van der Waals surface area contributed by atoms with Crippen LogP contribution >= 0.6 is 11.8 Å². The summed E-state index contributed by atoms with van der Waals surface area (Å²) < 4.78 is 1.53. The molecule has 0 fully saturated rings. The number of hydrogen-bond donors (Lipinski definition) is 1. The third-order valence-corrected chi connectivity index (χ3v) is 4.24. The van der Waals surface area contributed by atoms with Crippen LogP contribution in [0.3, 0.4) is 0 Å². The fourth-order valence-electron chi connectivity index (χ4n) is 2.24. The first-order valence-corrected chi connectivity index (χ1v) is 7.61. The molecule has 2 aromatic rings. The van der Waals surface area contributed by atoms with Crippen molar-refractivity contribution >= 4 is 17.7 Å². The first-order valence-electron chi connectivity index (χ1n) is 6.63. The molecule has 0 unspecified atom stereocenters. The molecule has 1 aromatic carbocycles. The number of carboxylic acid groups (broad SMARTS) is 1. The Hall–Kier alpha value is -2.01. The highest BCUT2D eigenvalue weighted by Crippen LogP contribution is 2.17. The summed E-state index contributed by atoms with van der Waals surface area (Å²) in [7, 11) is 0. The Morgan fingerprint density at radius 3 is 2.52 bits per heavy atom. The van der Waals surface area contributed by atoms with E-state index in [0.29, 0.717) is 17.9 Å². The fraction of sp³-hybridized carbons (Fsp3) is 0.250. The largest absolute Gasteiger partial charge is 0.477 e. The lowest BCUT2D eigenvalue weighted by Gasteiger charge is -2.12. The molecule has 110 valence electrons. The molecule has 0 atom stereocenters. The number of thioether (sulfide) groups is 1. The molecule has 0 spiro atoms. The zero-order valence-corrected chi connectivity index (χ0v) is 12.8. The van der Waals surface area contributed by atoms with Crippen molar-refractivity contribution in [2.45, 2.75) is 25.3 Å². The van der Waals surface area contributed by atoms with Gasteiger partial charge in [0.2, 0.25) is 0 Å². The minimum Gasteiger partial charge on any atom is -0.477 e. The number of pyridine rings is 1. The third kappa shape index (κ3) is 3.55. The molecule has 0 aliphatic rings. The summed E-state index contributed by atoms with van der Waals surface area (Å²) in [5.41, 5.74) is 0.743. The Kier molecular flexibility index (Phi) is 4.85. The summed E-state index contributed by atoms with van der Waals surface area (Å²) in [6.07, 6.45) is 0. The van der Waals surface area contributed by atoms with E-state index in [4.69, 9.17) is 5.11 Å². The van der Waals surface area contributed by atoms with Crippen molar-refractivity contribution in [3.63, 3.8) is 0 Å². The van der Waals surface area contributed by atoms with Gasteiger partial charge in [0.15, 0.2) is 0 Å². The van der Waals surface area contributed by atoms with Crippen molar-refractivity contribution in [1.82, 2.24) is 4.57 Å². The summed E-state index contributed by atoms with van der Waals surface area (Å²) in [5.74, 6) is -0.450. The predicted octanol–water partition coefficient (Wildman–Crippen LogP) is 2.96. The average molecular weight is 303 g/mol. The van der Waals surface area contributed by atoms with E-state index < -0.39 is 11.5 Å². The molecule has 0 bridgehead atoms. The van der Waals surface area contributed by atoms with E-state index in [2.05, 4.69) is 0 Å². The van der Waals surface area contributed by atoms with Crippen molar-refractivity contribution in [2.75, 3.05) is 5.75 Å². The van der Waals surface area contributed by atoms with Crippen molar-refractivity contribution in [1.29, 1.82) is 0 Å². The summed E-state index contributed by atoms with van der Waals surface area (Å²) in [5, 5.41) is 9.15. The maximum atomic E-state index is 12.3. The monoisotopic (exact) mass is 303 g/mol. The van der Waals surface area contributed by atoms with Crippen LogP contribution in [0.25, 0.3) is 0 Å². The average Bonchev–Trinajstić information content (AvgIpc) is 2.42. The highest BCUT2D eigenvalue weighted by atomic mass is 32.2. The number of aromatic carboxylic acids is 1. The Bertz CT molecular complexity index is 707. The second-order valence-electron chi connectivity index (χ2n) is 4.77. The highest BCUT2D eigenvalue weighted by molar-refractivity contribution is 7.99. The van der Waals surface area contributed by atoms with Crippen molar-refractivity contribution in [2.24, 2.45) is 0 Å². The van der Waals surface area contributed by atoms with E-state index in [1.54, 1.807) is 24.8 Å². The topological polar surface area (TPSA) is 59.3 Å². The molecule has 1 heterocycles. The standard InChI is InChI=1S/C16H17NO3S/c1-11-10-12(2)17(15(18)14(11)16(19)20)8-9-21-13-6-4-3-5-7-13/h3-7,10H,8-9H2,1-2H3,(H,19,20). The lowest BCUT2D eigenvalue weighted by Crippen LogP contribution is -2.30. The molecule has 0 saturated carbocycles. The van der Waals surface area contributed by atoms with E-state index in [1.165, 1.54) is 4.57 Å². The number of aromatic nitrogens is 1. The van der Waals surface area contributed by atoms with Gasteiger partial charge in [-0.1, -0.05) is 18.2 Å². The molecular formula is C16H17NO3S. The molecule has 2 rings (SSSR count). The Morgan fingerprint density at radius 1 is 1.24 bits per heavy atom. The van der Waals surface area contributed by atoms with E-state index in [9.17, 15) is 9.59 Å². The number of hydrogen-bond acceptors (Lipinski definition) is 3. The summed E-state index contributed by atoms with van der Waals surface area (Å²) in [6.45, 7) is 3.97. The van der Waals surface area contributed by atoms with E-state index >= 15 is 0 Å². The molecule has 5 heteroatoms. The zero-order valence-electron chi connectivity index (χ0n) is 12.0. The first-order chi connectivity index (χ1) is 10.0. The molecule has 4 nitrogen and oxygen atoms in total. The van der Waals surface area contributed by atoms with Gasteiger partial charge >= 0.3 is 5.97 Å². The van der Waals surface area contributed by atoms with Gasteiger partial charge in [0, 0.05) is 22.9 Å². The van der Waals surface area contributed by atoms with Crippen LogP contribution in [0.2, 0.25) is 0 Å². The number of nitrogens with zero attached hydrogens (tertiary/aromatic N) is 1. The molecular weight excluding hydrogens is 286 g/mol. The van der Waals surface area contributed by atoms with Crippen LogP contribution < -0.4 is 5.56 Å². The van der Waals surface area contributed by atoms with Gasteiger partial charge in [-0.3, -0.25) is 4.79 Å². The van der Waals surface area contributed by atoms with Gasteiger partial charge < -0.3 is 9.67 Å². The lowest BCUT2D eigenvalue weighted by atomic mass is 10.1. The van der Waals surface area contributed by atoms with Crippen molar-refractivity contribution in [3.05, 3.63) is 63.6 Å². The van der Waals surface area contributed by atoms with Crippen LogP contribution in [0.1, 0.15) is 21.6 Å². The van der Waals surface area contributed by atoms with E-state index in [1.807, 2.05) is 37.3 Å². The first kappa shape index (κ1) is 15.4. The van der Waals surface area contributed by atoms with Crippen LogP contribution in [0.15, 0.2) is 46.1 Å². The summed E-state index contributed by atoms with van der Waals surface area (Å²) >= 11 is 1.64. The lowest BCUT2D eigenvalue weighted by molar-refractivity contribution is 0.0693. The second-order valence-corrected chi connectivity index (χ2v) is 5.94. The van der Waals surface area contributed by atoms with Gasteiger partial charge in [-0.15, -0.1) is 11.8 Å². The zero-order chi connectivity index (χ0) is 15.4. The van der Waals surface area contributed by atoms with Gasteiger partial charge in [0.1, 0.15) is 5.56 Å². The Balaban J connectivity index is 2.19. The predicted molar refractivity (Wildman–Crippen MR) is 84.3 cm³/mol. The molecule has 1 aromatic heterocycles. The molecule has 0 saturated heterocycles. The van der Waals surface area contributed by atoms with E-state index in [0.717, 1.165) is 10.6 Å². The Morgan fingerprint density at radius 2 is 1.90 bits per heavy atom. The van der Waals surface area contributed by atoms with Crippen LogP contribution in [0, 0.1) is 13.8 Å². The van der Waals surface area contributed by atoms with Gasteiger partial charge in [-0.05, 0) is 37.6 Å². The van der Waals surface area contributed by atoms with Gasteiger partial charge in [-0.25, -0.2) is 4.79 Å². The Labute approximate surface area is 127 Å². The molecule has 1 N–H and O–H groups in total. The number of aryl methyl sites for hydroxylation is 2. The molecule has 21 heavy (non-hydrogen) atoms. The highest BCUT2D eigenvalue weighted by Gasteiger charge is 2.16. The van der Waals surface area contributed by atoms with Gasteiger partial charge in [0.05, 0.1) is 0 Å². The summed E-state index contributed by atoms with van der Waals surface area (Å²) in [4.78, 5) is 24.6. The smallest absolute Gasteiger partial charge is 0.341 e. The third-order valence-electron chi connectivity index (χ3n) is 3.25. The quantitative estimate of drug-likeness (QED) is 0.863. The molecule has 0 aliphatic heterocycles. The maximum absolute atomic E-state index is 12.3. The fourth-order valence-corrected chi connectivity index (χ4v) is 3.10. The van der Waals surface area contributed by atoms with Gasteiger partial charge in [0.25, 0.3) is 5.56 Å². The van der Waals surface area contributed by atoms with Crippen LogP contribution in [0.5, 0.6) is 0 Å². The van der Waals surface area contributed by atoms with Gasteiger partial charge in [-0.2, -0.15) is 0 Å². The van der Waals surface area contributed by atoms with Crippen LogP contribution in [0.4, 0.5) is 0 Å². The SMILES string of the molecule is Cc1cc(C)n(CCSc2ccccc2)c(=O)c1C(=O)O. The van der Waals surface area contributed by atoms with Crippen molar-refractivity contribution in [3.8, 4) is 0 Å². The van der Waals surface area contributed by atoms with E-state index in [-0.39, 0.29) is 5.56 Å². The number of carbonyl (C=O) groups is 1. The molecule has 0 radical (unpaired) electrons. The summed E-state index contributed by atoms with van der Waals surface area (Å²) in [6, 6.07) is 11.7. The maximum Gasteiger partial charge on any atom is 0.341 e. The minimum atomic E-state index is -1.16. The normalized spacial score (nSPS) is 10.6. The van der Waals surface area contributed by atoms with Crippen LogP contribution in [-0.2, 0) is 6.54 Å². The molecule has 0 amide bonds. The number of rotatable bonds is 5. The minimum absolute atomic E-state index is 0.134. The number of carboxylic acids is 1. The molecule has 0 aliphatic carbocycles. The number of benzene rings is 1. The second kappa shape index (κ2) is 6.63.